The fourth-order valence-corrected chi connectivity index (χ4v) is 1.72. The Bertz CT molecular complexity index is 343. The van der Waals surface area contributed by atoms with Gasteiger partial charge in [-0.25, -0.2) is 0 Å². The van der Waals surface area contributed by atoms with Crippen molar-refractivity contribution >= 4 is 23.4 Å². The summed E-state index contributed by atoms with van der Waals surface area (Å²) in [6.45, 7) is 3.51. The van der Waals surface area contributed by atoms with E-state index in [1.54, 1.807) is 12.1 Å². The molecule has 1 rings (SSSR count). The summed E-state index contributed by atoms with van der Waals surface area (Å²) in [5.74, 6) is 0. The lowest BCUT2D eigenvalue weighted by Gasteiger charge is -2.06. The van der Waals surface area contributed by atoms with E-state index < -0.39 is 5.51 Å². The van der Waals surface area contributed by atoms with Gasteiger partial charge >= 0.3 is 5.51 Å². The first-order valence-corrected chi connectivity index (χ1v) is 5.24. The van der Waals surface area contributed by atoms with Crippen LogP contribution in [0.4, 0.5) is 13.2 Å². The standard InChI is InChI=1S/C10H8ClF3S/c1-7(11)6-8-2-4-9(5-3-8)15-10(12,13)14/h2-5H,1,6H2. The number of thioether (sulfide) groups is 1. The van der Waals surface area contributed by atoms with Crippen LogP contribution in [0.15, 0.2) is 40.8 Å². The topological polar surface area (TPSA) is 0 Å². The molecule has 0 aromatic heterocycles. The Balaban J connectivity index is 2.68. The molecule has 0 unspecified atom stereocenters. The first-order chi connectivity index (χ1) is 6.87. The van der Waals surface area contributed by atoms with E-state index in [0.717, 1.165) is 5.56 Å². The molecule has 0 aliphatic rings. The van der Waals surface area contributed by atoms with Crippen LogP contribution >= 0.6 is 23.4 Å². The monoisotopic (exact) mass is 252 g/mol. The molecule has 0 radical (unpaired) electrons. The molecule has 0 nitrogen and oxygen atoms in total. The van der Waals surface area contributed by atoms with Crippen LogP contribution < -0.4 is 0 Å². The van der Waals surface area contributed by atoms with Gasteiger partial charge in [0.2, 0.25) is 0 Å². The highest BCUT2D eigenvalue weighted by atomic mass is 35.5. The maximum absolute atomic E-state index is 12.0. The van der Waals surface area contributed by atoms with Crippen LogP contribution in [0, 0.1) is 0 Å². The number of rotatable bonds is 3. The second kappa shape index (κ2) is 4.94. The van der Waals surface area contributed by atoms with Gasteiger partial charge in [-0.05, 0) is 29.5 Å². The molecule has 0 amide bonds. The molecular weight excluding hydrogens is 245 g/mol. The van der Waals surface area contributed by atoms with Gasteiger partial charge in [0.15, 0.2) is 0 Å². The van der Waals surface area contributed by atoms with Crippen molar-refractivity contribution in [3.8, 4) is 0 Å². The summed E-state index contributed by atoms with van der Waals surface area (Å²) in [5, 5.41) is 0.464. The molecule has 0 saturated carbocycles. The van der Waals surface area contributed by atoms with E-state index >= 15 is 0 Å². The smallest absolute Gasteiger partial charge is 0.160 e. The van der Waals surface area contributed by atoms with E-state index in [2.05, 4.69) is 6.58 Å². The van der Waals surface area contributed by atoms with Crippen LogP contribution in [-0.2, 0) is 6.42 Å². The summed E-state index contributed by atoms with van der Waals surface area (Å²) in [5.41, 5.74) is -3.39. The summed E-state index contributed by atoms with van der Waals surface area (Å²) < 4.78 is 35.9. The molecule has 0 spiro atoms. The predicted octanol–water partition coefficient (Wildman–Crippen LogP) is 4.59. The van der Waals surface area contributed by atoms with E-state index in [9.17, 15) is 13.2 Å². The zero-order chi connectivity index (χ0) is 11.5. The van der Waals surface area contributed by atoms with Crippen LogP contribution in [0.25, 0.3) is 0 Å². The van der Waals surface area contributed by atoms with Crippen molar-refractivity contribution in [1.29, 1.82) is 0 Å². The number of hydrogen-bond acceptors (Lipinski definition) is 1. The summed E-state index contributed by atoms with van der Waals surface area (Å²) in [6, 6.07) is 6.07. The molecule has 5 heteroatoms. The lowest BCUT2D eigenvalue weighted by molar-refractivity contribution is -0.0328. The van der Waals surface area contributed by atoms with Gasteiger partial charge in [-0.1, -0.05) is 30.3 Å². The van der Waals surface area contributed by atoms with Crippen molar-refractivity contribution in [2.24, 2.45) is 0 Å². The van der Waals surface area contributed by atoms with E-state index in [0.29, 0.717) is 11.5 Å². The van der Waals surface area contributed by atoms with Gasteiger partial charge in [-0.15, -0.1) is 0 Å². The first kappa shape index (κ1) is 12.5. The van der Waals surface area contributed by atoms with Gasteiger partial charge in [0.25, 0.3) is 0 Å². The zero-order valence-electron chi connectivity index (χ0n) is 7.64. The largest absolute Gasteiger partial charge is 0.446 e. The normalized spacial score (nSPS) is 11.5. The third-order valence-corrected chi connectivity index (χ3v) is 2.43. The molecule has 0 heterocycles. The second-order valence-corrected chi connectivity index (χ2v) is 4.56. The predicted molar refractivity (Wildman–Crippen MR) is 57.1 cm³/mol. The highest BCUT2D eigenvalue weighted by Crippen LogP contribution is 2.36. The average molecular weight is 253 g/mol. The van der Waals surface area contributed by atoms with Gasteiger partial charge < -0.3 is 0 Å². The van der Waals surface area contributed by atoms with Gasteiger partial charge in [0, 0.05) is 16.3 Å². The molecule has 1 aromatic rings. The molecular formula is C10H8ClF3S. The maximum Gasteiger partial charge on any atom is 0.446 e. The maximum atomic E-state index is 12.0. The minimum absolute atomic E-state index is 0.127. The number of allylic oxidation sites excluding steroid dienone is 1. The van der Waals surface area contributed by atoms with E-state index in [-0.39, 0.29) is 16.7 Å². The highest BCUT2D eigenvalue weighted by molar-refractivity contribution is 8.00. The summed E-state index contributed by atoms with van der Waals surface area (Å²) in [7, 11) is 0. The number of alkyl halides is 3. The quantitative estimate of drug-likeness (QED) is 0.709. The Kier molecular flexibility index (Phi) is 4.11. The SMILES string of the molecule is C=C(Cl)Cc1ccc(SC(F)(F)F)cc1. The van der Waals surface area contributed by atoms with Gasteiger partial charge in [0.1, 0.15) is 0 Å². The van der Waals surface area contributed by atoms with Crippen molar-refractivity contribution in [2.75, 3.05) is 0 Å². The van der Waals surface area contributed by atoms with E-state index in [4.69, 9.17) is 11.6 Å². The molecule has 0 aliphatic carbocycles. The van der Waals surface area contributed by atoms with E-state index in [1.807, 2.05) is 0 Å². The zero-order valence-corrected chi connectivity index (χ0v) is 9.22. The minimum Gasteiger partial charge on any atom is -0.160 e. The lowest BCUT2D eigenvalue weighted by atomic mass is 10.1. The third-order valence-electron chi connectivity index (χ3n) is 1.55. The summed E-state index contributed by atoms with van der Waals surface area (Å²) >= 11 is 5.45. The van der Waals surface area contributed by atoms with Crippen molar-refractivity contribution in [2.45, 2.75) is 16.8 Å². The molecule has 0 bridgehead atoms. The van der Waals surface area contributed by atoms with Crippen molar-refractivity contribution < 1.29 is 13.2 Å². The fraction of sp³-hybridized carbons (Fsp3) is 0.200. The number of halogens is 4. The molecule has 0 saturated heterocycles. The van der Waals surface area contributed by atoms with Crippen molar-refractivity contribution in [3.63, 3.8) is 0 Å². The van der Waals surface area contributed by atoms with Gasteiger partial charge in [0.05, 0.1) is 0 Å². The molecule has 1 aromatic carbocycles. The van der Waals surface area contributed by atoms with Crippen LogP contribution in [-0.4, -0.2) is 5.51 Å². The van der Waals surface area contributed by atoms with E-state index in [1.165, 1.54) is 12.1 Å². The molecule has 0 atom stereocenters. The molecule has 0 fully saturated rings. The molecule has 0 N–H and O–H groups in total. The summed E-state index contributed by atoms with van der Waals surface area (Å²) in [6.07, 6.45) is 0.471. The van der Waals surface area contributed by atoms with Gasteiger partial charge in [-0.2, -0.15) is 13.2 Å². The van der Waals surface area contributed by atoms with Crippen LogP contribution in [0.5, 0.6) is 0 Å². The summed E-state index contributed by atoms with van der Waals surface area (Å²) in [4.78, 5) is 0.173. The average Bonchev–Trinajstić information content (AvgIpc) is 2.05. The molecule has 15 heavy (non-hydrogen) atoms. The Morgan fingerprint density at radius 3 is 2.20 bits per heavy atom. The third kappa shape index (κ3) is 5.14. The molecule has 0 aliphatic heterocycles. The Hall–Kier alpha value is -0.610. The van der Waals surface area contributed by atoms with Crippen LogP contribution in [0.3, 0.4) is 0 Å². The number of benzene rings is 1. The minimum atomic E-state index is -4.24. The highest BCUT2D eigenvalue weighted by Gasteiger charge is 2.28. The first-order valence-electron chi connectivity index (χ1n) is 4.05. The lowest BCUT2D eigenvalue weighted by Crippen LogP contribution is -1.98. The van der Waals surface area contributed by atoms with Crippen molar-refractivity contribution in [1.82, 2.24) is 0 Å². The van der Waals surface area contributed by atoms with Crippen LogP contribution in [0.2, 0.25) is 0 Å². The van der Waals surface area contributed by atoms with Crippen LogP contribution in [0.1, 0.15) is 5.56 Å². The fourth-order valence-electron chi connectivity index (χ4n) is 1.03. The Morgan fingerprint density at radius 1 is 1.27 bits per heavy atom. The Morgan fingerprint density at radius 2 is 1.80 bits per heavy atom. The molecule has 82 valence electrons. The second-order valence-electron chi connectivity index (χ2n) is 2.89. The van der Waals surface area contributed by atoms with Crippen molar-refractivity contribution in [3.05, 3.63) is 41.4 Å². The number of hydrogen-bond donors (Lipinski definition) is 0. The Labute approximate surface area is 95.1 Å². The van der Waals surface area contributed by atoms with Gasteiger partial charge in [-0.3, -0.25) is 0 Å².